The first-order chi connectivity index (χ1) is 11.9. The highest BCUT2D eigenvalue weighted by molar-refractivity contribution is 7.89. The van der Waals surface area contributed by atoms with Crippen molar-refractivity contribution in [3.05, 3.63) is 60.2 Å². The number of carbonyl (C=O) groups excluding carboxylic acids is 1. The summed E-state index contributed by atoms with van der Waals surface area (Å²) in [7, 11) is -2.02. The molecule has 0 aliphatic carbocycles. The fourth-order valence-electron chi connectivity index (χ4n) is 2.38. The summed E-state index contributed by atoms with van der Waals surface area (Å²) in [5, 5.41) is 2.78. The summed E-state index contributed by atoms with van der Waals surface area (Å²) in [6, 6.07) is 15.7. The van der Waals surface area contributed by atoms with Gasteiger partial charge in [0.15, 0.2) is 0 Å². The van der Waals surface area contributed by atoms with Crippen molar-refractivity contribution in [2.75, 3.05) is 12.4 Å². The van der Waals surface area contributed by atoms with Gasteiger partial charge < -0.3 is 5.32 Å². The molecule has 1 N–H and O–H groups in total. The van der Waals surface area contributed by atoms with E-state index in [9.17, 15) is 13.2 Å². The summed E-state index contributed by atoms with van der Waals surface area (Å²) in [6.07, 6.45) is 2.26. The van der Waals surface area contributed by atoms with Crippen molar-refractivity contribution in [2.45, 2.75) is 37.6 Å². The molecule has 0 unspecified atom stereocenters. The van der Waals surface area contributed by atoms with Gasteiger partial charge in [-0.15, -0.1) is 0 Å². The van der Waals surface area contributed by atoms with E-state index in [1.807, 2.05) is 37.3 Å². The van der Waals surface area contributed by atoms with Crippen LogP contribution in [0.5, 0.6) is 0 Å². The molecule has 0 saturated carbocycles. The van der Waals surface area contributed by atoms with Gasteiger partial charge in [0.25, 0.3) is 0 Å². The molecular formula is C19H24N2O3S. The predicted molar refractivity (Wildman–Crippen MR) is 99.7 cm³/mol. The Balaban J connectivity index is 2.05. The van der Waals surface area contributed by atoms with Gasteiger partial charge in [0.2, 0.25) is 15.9 Å². The minimum Gasteiger partial charge on any atom is -0.326 e. The Kier molecular flexibility index (Phi) is 6.73. The quantitative estimate of drug-likeness (QED) is 0.781. The second-order valence-electron chi connectivity index (χ2n) is 5.92. The normalized spacial score (nSPS) is 11.5. The average Bonchev–Trinajstić information content (AvgIpc) is 2.61. The first kappa shape index (κ1) is 19.1. The highest BCUT2D eigenvalue weighted by atomic mass is 32.2. The van der Waals surface area contributed by atoms with Crippen molar-refractivity contribution in [1.82, 2.24) is 4.31 Å². The molecule has 25 heavy (non-hydrogen) atoms. The van der Waals surface area contributed by atoms with Crippen LogP contribution in [-0.2, 0) is 21.4 Å². The summed E-state index contributed by atoms with van der Waals surface area (Å²) in [6.45, 7) is 2.33. The number of benzene rings is 2. The number of unbranched alkanes of at least 4 members (excludes halogenated alkanes) is 1. The van der Waals surface area contributed by atoms with Gasteiger partial charge in [-0.1, -0.05) is 43.7 Å². The second-order valence-corrected chi connectivity index (χ2v) is 7.97. The summed E-state index contributed by atoms with van der Waals surface area (Å²) >= 11 is 0. The van der Waals surface area contributed by atoms with Gasteiger partial charge in [-0.3, -0.25) is 4.79 Å². The Hall–Kier alpha value is -2.18. The molecule has 0 aromatic heterocycles. The number of nitrogens with zero attached hydrogens (tertiary/aromatic N) is 1. The molecule has 0 saturated heterocycles. The predicted octanol–water partition coefficient (Wildman–Crippen LogP) is 3.64. The fourth-order valence-corrected chi connectivity index (χ4v) is 3.54. The zero-order valence-electron chi connectivity index (χ0n) is 14.6. The molecule has 2 rings (SSSR count). The summed E-state index contributed by atoms with van der Waals surface area (Å²) in [4.78, 5) is 11.9. The van der Waals surface area contributed by atoms with E-state index in [1.165, 1.54) is 16.4 Å². The summed E-state index contributed by atoms with van der Waals surface area (Å²) in [5.74, 6) is -0.0568. The van der Waals surface area contributed by atoms with E-state index in [4.69, 9.17) is 0 Å². The molecule has 0 aliphatic heterocycles. The maximum Gasteiger partial charge on any atom is 0.243 e. The number of anilines is 1. The molecule has 1 amide bonds. The van der Waals surface area contributed by atoms with E-state index < -0.39 is 10.0 Å². The van der Waals surface area contributed by atoms with Crippen LogP contribution in [-0.4, -0.2) is 25.7 Å². The van der Waals surface area contributed by atoms with Crippen molar-refractivity contribution in [2.24, 2.45) is 0 Å². The minimum atomic E-state index is -3.58. The van der Waals surface area contributed by atoms with E-state index in [2.05, 4.69) is 5.32 Å². The van der Waals surface area contributed by atoms with Crippen LogP contribution in [0.2, 0.25) is 0 Å². The van der Waals surface area contributed by atoms with Gasteiger partial charge >= 0.3 is 0 Å². The molecule has 134 valence electrons. The first-order valence-electron chi connectivity index (χ1n) is 8.33. The lowest BCUT2D eigenvalue weighted by Gasteiger charge is -2.17. The number of hydrogen-bond acceptors (Lipinski definition) is 3. The third-order valence-electron chi connectivity index (χ3n) is 3.85. The first-order valence-corrected chi connectivity index (χ1v) is 9.77. The Bertz CT molecular complexity index is 787. The standard InChI is InChI=1S/C19H24N2O3S/c1-3-4-10-19(22)20-17-11-13-18(14-12-17)25(23,24)21(2)15-16-8-6-5-7-9-16/h5-9,11-14H,3-4,10,15H2,1-2H3,(H,20,22). The van der Waals surface area contributed by atoms with Gasteiger partial charge in [-0.2, -0.15) is 4.31 Å². The molecule has 0 aliphatic rings. The smallest absolute Gasteiger partial charge is 0.243 e. The van der Waals surface area contributed by atoms with Crippen LogP contribution in [0.25, 0.3) is 0 Å². The molecule has 0 bridgehead atoms. The third-order valence-corrected chi connectivity index (χ3v) is 5.67. The molecule has 2 aromatic rings. The molecule has 0 atom stereocenters. The number of amides is 1. The van der Waals surface area contributed by atoms with Crippen LogP contribution in [0.3, 0.4) is 0 Å². The number of rotatable bonds is 8. The van der Waals surface area contributed by atoms with Gasteiger partial charge in [-0.25, -0.2) is 8.42 Å². The molecule has 2 aromatic carbocycles. The maximum atomic E-state index is 12.6. The summed E-state index contributed by atoms with van der Waals surface area (Å²) < 4.78 is 26.6. The van der Waals surface area contributed by atoms with Crippen molar-refractivity contribution in [3.63, 3.8) is 0 Å². The minimum absolute atomic E-state index is 0.0568. The van der Waals surface area contributed by atoms with Crippen LogP contribution in [0.15, 0.2) is 59.5 Å². The lowest BCUT2D eigenvalue weighted by atomic mass is 10.2. The summed E-state index contributed by atoms with van der Waals surface area (Å²) in [5.41, 5.74) is 1.53. The van der Waals surface area contributed by atoms with Crippen molar-refractivity contribution in [1.29, 1.82) is 0 Å². The Labute approximate surface area is 149 Å². The lowest BCUT2D eigenvalue weighted by molar-refractivity contribution is -0.116. The molecule has 5 nitrogen and oxygen atoms in total. The number of hydrogen-bond donors (Lipinski definition) is 1. The van der Waals surface area contributed by atoms with Crippen LogP contribution in [0.4, 0.5) is 5.69 Å². The number of sulfonamides is 1. The van der Waals surface area contributed by atoms with Crippen molar-refractivity contribution < 1.29 is 13.2 Å². The van der Waals surface area contributed by atoms with Crippen LogP contribution < -0.4 is 5.32 Å². The lowest BCUT2D eigenvalue weighted by Crippen LogP contribution is -2.26. The van der Waals surface area contributed by atoms with E-state index in [0.717, 1.165) is 18.4 Å². The van der Waals surface area contributed by atoms with Gasteiger partial charge in [-0.05, 0) is 36.2 Å². The van der Waals surface area contributed by atoms with Gasteiger partial charge in [0, 0.05) is 25.7 Å². The Morgan fingerprint density at radius 2 is 1.68 bits per heavy atom. The molecule has 0 spiro atoms. The zero-order chi connectivity index (χ0) is 18.3. The molecule has 0 radical (unpaired) electrons. The van der Waals surface area contributed by atoms with Gasteiger partial charge in [0.1, 0.15) is 0 Å². The number of nitrogens with one attached hydrogen (secondary N) is 1. The topological polar surface area (TPSA) is 66.5 Å². The number of carbonyl (C=O) groups is 1. The second kappa shape index (κ2) is 8.78. The Morgan fingerprint density at radius 3 is 2.28 bits per heavy atom. The fraction of sp³-hybridized carbons (Fsp3) is 0.316. The zero-order valence-corrected chi connectivity index (χ0v) is 15.4. The van der Waals surface area contributed by atoms with Crippen LogP contribution in [0, 0.1) is 0 Å². The third kappa shape index (κ3) is 5.41. The Morgan fingerprint density at radius 1 is 1.04 bits per heavy atom. The van der Waals surface area contributed by atoms with Gasteiger partial charge in [0.05, 0.1) is 4.90 Å². The molecule has 0 fully saturated rings. The van der Waals surface area contributed by atoms with Crippen molar-refractivity contribution >= 4 is 21.6 Å². The SMILES string of the molecule is CCCCC(=O)Nc1ccc(S(=O)(=O)N(C)Cc2ccccc2)cc1. The molecular weight excluding hydrogens is 336 g/mol. The van der Waals surface area contributed by atoms with Crippen LogP contribution in [0.1, 0.15) is 31.7 Å². The van der Waals surface area contributed by atoms with E-state index in [0.29, 0.717) is 18.7 Å². The van der Waals surface area contributed by atoms with E-state index in [1.54, 1.807) is 19.2 Å². The molecule has 0 heterocycles. The van der Waals surface area contributed by atoms with E-state index >= 15 is 0 Å². The highest BCUT2D eigenvalue weighted by Crippen LogP contribution is 2.19. The average molecular weight is 360 g/mol. The van der Waals surface area contributed by atoms with Crippen LogP contribution >= 0.6 is 0 Å². The monoisotopic (exact) mass is 360 g/mol. The van der Waals surface area contributed by atoms with E-state index in [-0.39, 0.29) is 10.8 Å². The molecule has 6 heteroatoms. The maximum absolute atomic E-state index is 12.6. The largest absolute Gasteiger partial charge is 0.326 e. The van der Waals surface area contributed by atoms with Crippen molar-refractivity contribution in [3.8, 4) is 0 Å². The highest BCUT2D eigenvalue weighted by Gasteiger charge is 2.20.